The average molecular weight is 538 g/mol. The lowest BCUT2D eigenvalue weighted by Crippen LogP contribution is -2.24. The molecule has 4 rings (SSSR count). The largest absolute Gasteiger partial charge is 0.452 e. The van der Waals surface area contributed by atoms with Gasteiger partial charge >= 0.3 is 5.97 Å². The van der Waals surface area contributed by atoms with Crippen LogP contribution in [0.15, 0.2) is 77.7 Å². The lowest BCUT2D eigenvalue weighted by molar-refractivity contribution is -0.119. The van der Waals surface area contributed by atoms with Crippen molar-refractivity contribution < 1.29 is 22.7 Å². The van der Waals surface area contributed by atoms with Gasteiger partial charge in [0.25, 0.3) is 5.91 Å². The number of esters is 1. The van der Waals surface area contributed by atoms with Gasteiger partial charge in [-0.1, -0.05) is 48.0 Å². The third kappa shape index (κ3) is 5.80. The van der Waals surface area contributed by atoms with Crippen LogP contribution < -0.4 is 5.32 Å². The first-order valence-corrected chi connectivity index (χ1v) is 13.0. The molecule has 0 radical (unpaired) electrons. The standard InChI is InChI=1S/C27H24ClN3O5S/c1-17-8-13-20(37(34,35)31(2)3)14-24(17)30-26(32)16-36-27(33)22-15-25(18-9-11-19(28)12-10-18)29-23-7-5-4-6-21(22)23/h4-15H,16H2,1-3H3,(H,30,32). The van der Waals surface area contributed by atoms with Crippen molar-refractivity contribution in [2.45, 2.75) is 11.8 Å². The number of benzene rings is 3. The maximum absolute atomic E-state index is 13.0. The van der Waals surface area contributed by atoms with E-state index >= 15 is 0 Å². The number of amides is 1. The maximum Gasteiger partial charge on any atom is 0.339 e. The normalized spacial score (nSPS) is 11.5. The fraction of sp³-hybridized carbons (Fsp3) is 0.148. The van der Waals surface area contributed by atoms with E-state index in [0.29, 0.717) is 32.9 Å². The van der Waals surface area contributed by atoms with Gasteiger partial charge in [-0.3, -0.25) is 4.79 Å². The number of carbonyl (C=O) groups excluding carboxylic acids is 2. The van der Waals surface area contributed by atoms with Crippen LogP contribution >= 0.6 is 11.6 Å². The molecular formula is C27H24ClN3O5S. The van der Waals surface area contributed by atoms with E-state index in [1.54, 1.807) is 61.5 Å². The molecule has 3 aromatic carbocycles. The Kier molecular flexibility index (Phi) is 7.58. The summed E-state index contributed by atoms with van der Waals surface area (Å²) in [5.74, 6) is -1.29. The molecule has 0 saturated heterocycles. The van der Waals surface area contributed by atoms with E-state index in [4.69, 9.17) is 16.3 Å². The smallest absolute Gasteiger partial charge is 0.339 e. The molecule has 10 heteroatoms. The number of nitrogens with zero attached hydrogens (tertiary/aromatic N) is 2. The molecule has 1 heterocycles. The van der Waals surface area contributed by atoms with Gasteiger partial charge in [0, 0.05) is 35.8 Å². The Labute approximate surface area is 219 Å². The van der Waals surface area contributed by atoms with E-state index in [2.05, 4.69) is 10.3 Å². The van der Waals surface area contributed by atoms with Crippen LogP contribution in [0.25, 0.3) is 22.2 Å². The van der Waals surface area contributed by atoms with Crippen molar-refractivity contribution in [3.8, 4) is 11.3 Å². The Bertz CT molecular complexity index is 1600. The lowest BCUT2D eigenvalue weighted by Gasteiger charge is -2.14. The molecule has 0 fully saturated rings. The fourth-order valence-electron chi connectivity index (χ4n) is 3.62. The van der Waals surface area contributed by atoms with E-state index in [1.807, 2.05) is 6.07 Å². The average Bonchev–Trinajstić information content (AvgIpc) is 2.88. The summed E-state index contributed by atoms with van der Waals surface area (Å²) in [5, 5.41) is 3.79. The number of nitrogens with one attached hydrogen (secondary N) is 1. The third-order valence-electron chi connectivity index (χ3n) is 5.67. The molecule has 0 aliphatic carbocycles. The first-order valence-electron chi connectivity index (χ1n) is 11.2. The quantitative estimate of drug-likeness (QED) is 0.336. The Balaban J connectivity index is 1.54. The van der Waals surface area contributed by atoms with Crippen LogP contribution in [-0.4, -0.2) is 50.3 Å². The predicted octanol–water partition coefficient (Wildman–Crippen LogP) is 4.91. The monoisotopic (exact) mass is 537 g/mol. The van der Waals surface area contributed by atoms with E-state index in [1.165, 1.54) is 26.2 Å². The number of fused-ring (bicyclic) bond motifs is 1. The van der Waals surface area contributed by atoms with Crippen LogP contribution in [0.3, 0.4) is 0 Å². The second-order valence-corrected chi connectivity index (χ2v) is 11.1. The molecule has 190 valence electrons. The van der Waals surface area contributed by atoms with E-state index in [-0.39, 0.29) is 10.5 Å². The molecule has 0 aliphatic rings. The van der Waals surface area contributed by atoms with Crippen molar-refractivity contribution in [2.75, 3.05) is 26.0 Å². The molecule has 1 amide bonds. The highest BCUT2D eigenvalue weighted by atomic mass is 35.5. The van der Waals surface area contributed by atoms with Crippen LogP contribution in [0.2, 0.25) is 5.02 Å². The van der Waals surface area contributed by atoms with Crippen LogP contribution in [0.1, 0.15) is 15.9 Å². The zero-order chi connectivity index (χ0) is 26.7. The molecule has 0 atom stereocenters. The van der Waals surface area contributed by atoms with Crippen molar-refractivity contribution in [3.05, 3.63) is 88.9 Å². The van der Waals surface area contributed by atoms with Crippen molar-refractivity contribution >= 4 is 50.1 Å². The SMILES string of the molecule is Cc1ccc(S(=O)(=O)N(C)C)cc1NC(=O)COC(=O)c1cc(-c2ccc(Cl)cc2)nc2ccccc12. The Morgan fingerprint density at radius 1 is 1.00 bits per heavy atom. The minimum Gasteiger partial charge on any atom is -0.452 e. The summed E-state index contributed by atoms with van der Waals surface area (Å²) in [5.41, 5.74) is 3.15. The number of pyridine rings is 1. The van der Waals surface area contributed by atoms with E-state index < -0.39 is 28.5 Å². The van der Waals surface area contributed by atoms with Gasteiger partial charge in [0.1, 0.15) is 0 Å². The highest BCUT2D eigenvalue weighted by molar-refractivity contribution is 7.89. The van der Waals surface area contributed by atoms with Gasteiger partial charge in [-0.05, 0) is 48.9 Å². The second kappa shape index (κ2) is 10.7. The molecule has 8 nitrogen and oxygen atoms in total. The molecule has 0 spiro atoms. The first-order chi connectivity index (χ1) is 17.6. The van der Waals surface area contributed by atoms with Crippen LogP contribution in [0.4, 0.5) is 5.69 Å². The van der Waals surface area contributed by atoms with Crippen LogP contribution in [0, 0.1) is 6.92 Å². The predicted molar refractivity (Wildman–Crippen MR) is 143 cm³/mol. The van der Waals surface area contributed by atoms with Crippen LogP contribution in [0.5, 0.6) is 0 Å². The number of carbonyl (C=O) groups is 2. The van der Waals surface area contributed by atoms with Gasteiger partial charge in [0.15, 0.2) is 6.61 Å². The van der Waals surface area contributed by atoms with Gasteiger partial charge in [-0.25, -0.2) is 22.5 Å². The molecule has 0 unspecified atom stereocenters. The summed E-state index contributed by atoms with van der Waals surface area (Å²) >= 11 is 5.99. The van der Waals surface area contributed by atoms with Crippen molar-refractivity contribution in [1.29, 1.82) is 0 Å². The number of sulfonamides is 1. The summed E-state index contributed by atoms with van der Waals surface area (Å²) < 4.78 is 31.3. The number of aryl methyl sites for hydroxylation is 1. The van der Waals surface area contributed by atoms with Crippen LogP contribution in [-0.2, 0) is 19.6 Å². The van der Waals surface area contributed by atoms with E-state index in [9.17, 15) is 18.0 Å². The molecule has 37 heavy (non-hydrogen) atoms. The third-order valence-corrected chi connectivity index (χ3v) is 7.74. The number of hydrogen-bond donors (Lipinski definition) is 1. The summed E-state index contributed by atoms with van der Waals surface area (Å²) in [6.07, 6.45) is 0. The molecule has 0 aliphatic heterocycles. The van der Waals surface area contributed by atoms with Gasteiger partial charge in [0.05, 0.1) is 21.7 Å². The van der Waals surface area contributed by atoms with Gasteiger partial charge in [-0.2, -0.15) is 0 Å². The maximum atomic E-state index is 13.0. The molecule has 1 N–H and O–H groups in total. The topological polar surface area (TPSA) is 106 Å². The minimum absolute atomic E-state index is 0.0355. The Hall–Kier alpha value is -3.79. The number of aromatic nitrogens is 1. The fourth-order valence-corrected chi connectivity index (χ4v) is 4.67. The summed E-state index contributed by atoms with van der Waals surface area (Å²) in [6, 6.07) is 20.3. The zero-order valence-electron chi connectivity index (χ0n) is 20.4. The summed E-state index contributed by atoms with van der Waals surface area (Å²) in [6.45, 7) is 1.17. The minimum atomic E-state index is -3.68. The molecule has 1 aromatic heterocycles. The van der Waals surface area contributed by atoms with Gasteiger partial charge in [-0.15, -0.1) is 0 Å². The molecule has 0 saturated carbocycles. The van der Waals surface area contributed by atoms with Crippen molar-refractivity contribution in [3.63, 3.8) is 0 Å². The Morgan fingerprint density at radius 3 is 2.41 bits per heavy atom. The second-order valence-electron chi connectivity index (χ2n) is 8.47. The summed E-state index contributed by atoms with van der Waals surface area (Å²) in [4.78, 5) is 30.3. The number of ether oxygens (including phenoxy) is 1. The highest BCUT2D eigenvalue weighted by Crippen LogP contribution is 2.27. The number of hydrogen-bond acceptors (Lipinski definition) is 6. The van der Waals surface area contributed by atoms with Gasteiger partial charge < -0.3 is 10.1 Å². The van der Waals surface area contributed by atoms with Gasteiger partial charge in [0.2, 0.25) is 10.0 Å². The Morgan fingerprint density at radius 2 is 1.70 bits per heavy atom. The summed E-state index contributed by atoms with van der Waals surface area (Å²) in [7, 11) is -0.831. The molecule has 4 aromatic rings. The number of rotatable bonds is 7. The first kappa shape index (κ1) is 26.3. The van der Waals surface area contributed by atoms with E-state index in [0.717, 1.165) is 9.87 Å². The highest BCUT2D eigenvalue weighted by Gasteiger charge is 2.20. The number of para-hydroxylation sites is 1. The lowest BCUT2D eigenvalue weighted by atomic mass is 10.0. The number of halogens is 1. The van der Waals surface area contributed by atoms with Crippen molar-refractivity contribution in [1.82, 2.24) is 9.29 Å². The number of anilines is 1. The zero-order valence-corrected chi connectivity index (χ0v) is 21.9. The van der Waals surface area contributed by atoms with Crippen molar-refractivity contribution in [2.24, 2.45) is 0 Å². The molecular weight excluding hydrogens is 514 g/mol. The molecule has 0 bridgehead atoms.